The summed E-state index contributed by atoms with van der Waals surface area (Å²) in [4.78, 5) is 0. The molecule has 0 saturated carbocycles. The van der Waals surface area contributed by atoms with Gasteiger partial charge in [-0.2, -0.15) is 0 Å². The van der Waals surface area contributed by atoms with Gasteiger partial charge in [0.05, 0.1) is 24.7 Å². The summed E-state index contributed by atoms with van der Waals surface area (Å²) in [5, 5.41) is 39.5. The van der Waals surface area contributed by atoms with Crippen LogP contribution in [0.5, 0.6) is 5.75 Å². The van der Waals surface area contributed by atoms with Crippen LogP contribution in [0.4, 0.5) is 0 Å². The molecule has 0 radical (unpaired) electrons. The van der Waals surface area contributed by atoms with Gasteiger partial charge in [0.15, 0.2) is 5.60 Å². The molecule has 3 N–H and O–H groups in total. The maximum absolute atomic E-state index is 13.9. The normalized spacial score (nSPS) is 14.8. The number of aliphatic hydroxyl groups excluding tert-OH is 3. The van der Waals surface area contributed by atoms with Crippen molar-refractivity contribution in [3.63, 3.8) is 0 Å². The molecule has 4 heteroatoms. The molecule has 1 atom stereocenters. The van der Waals surface area contributed by atoms with E-state index in [1.165, 1.54) is 5.56 Å². The van der Waals surface area contributed by atoms with Crippen LogP contribution in [0.25, 0.3) is 0 Å². The summed E-state index contributed by atoms with van der Waals surface area (Å²) >= 11 is 0. The lowest BCUT2D eigenvalue weighted by Crippen LogP contribution is -2.60. The topological polar surface area (TPSA) is 69.9 Å². The van der Waals surface area contributed by atoms with Crippen LogP contribution in [0.2, 0.25) is 0 Å². The zero-order chi connectivity index (χ0) is 50.1. The van der Waals surface area contributed by atoms with Gasteiger partial charge in [0.2, 0.25) is 0 Å². The third kappa shape index (κ3) is 10.8. The molecule has 0 fully saturated rings. The summed E-state index contributed by atoms with van der Waals surface area (Å²) in [6, 6.07) is 26.3. The number of rotatable bonds is 9. The number of benzene rings is 4. The van der Waals surface area contributed by atoms with Gasteiger partial charge in [-0.05, 0) is 99.5 Å². The summed E-state index contributed by atoms with van der Waals surface area (Å²) in [6.07, 6.45) is -1.42. The van der Waals surface area contributed by atoms with Gasteiger partial charge in [0.25, 0.3) is 0 Å². The fraction of sp³-hybridized carbons (Fsp3) is 0.607. The number of hydrogen-bond donors (Lipinski definition) is 3. The third-order valence-corrected chi connectivity index (χ3v) is 13.9. The predicted octanol–water partition coefficient (Wildman–Crippen LogP) is 15.1. The van der Waals surface area contributed by atoms with Crippen molar-refractivity contribution in [1.29, 1.82) is 0 Å². The average Bonchev–Trinajstić information content (AvgIpc) is 3.14. The maximum Gasteiger partial charge on any atom is 0.172 e. The smallest absolute Gasteiger partial charge is 0.172 e. The molecule has 0 heterocycles. The number of aliphatic hydroxyl groups is 3. The second kappa shape index (κ2) is 17.6. The van der Waals surface area contributed by atoms with E-state index in [4.69, 9.17) is 4.74 Å². The molecule has 0 aliphatic carbocycles. The molecule has 4 rings (SSSR count). The Morgan fingerprint density at radius 3 is 0.954 bits per heavy atom. The third-order valence-electron chi connectivity index (χ3n) is 13.9. The van der Waals surface area contributed by atoms with Crippen LogP contribution >= 0.6 is 0 Å². The molecule has 0 aliphatic rings. The van der Waals surface area contributed by atoms with E-state index < -0.39 is 46.6 Å². The van der Waals surface area contributed by atoms with E-state index in [1.54, 1.807) is 0 Å². The van der Waals surface area contributed by atoms with Gasteiger partial charge in [0, 0.05) is 11.1 Å². The largest absolute Gasteiger partial charge is 0.477 e. The molecule has 0 bridgehead atoms. The van der Waals surface area contributed by atoms with E-state index in [0.29, 0.717) is 11.3 Å². The van der Waals surface area contributed by atoms with Gasteiger partial charge < -0.3 is 20.1 Å². The highest BCUT2D eigenvalue weighted by molar-refractivity contribution is 5.57. The maximum atomic E-state index is 13.9. The van der Waals surface area contributed by atoms with Crippen LogP contribution in [-0.4, -0.2) is 28.5 Å². The quantitative estimate of drug-likeness (QED) is 0.157. The van der Waals surface area contributed by atoms with E-state index in [2.05, 4.69) is 233 Å². The Morgan fingerprint density at radius 2 is 0.646 bits per heavy atom. The van der Waals surface area contributed by atoms with Crippen LogP contribution in [0, 0.1) is 5.41 Å². The Balaban J connectivity index is 2.54. The summed E-state index contributed by atoms with van der Waals surface area (Å²) in [7, 11) is 0. The summed E-state index contributed by atoms with van der Waals surface area (Å²) < 4.78 is 8.24. The van der Waals surface area contributed by atoms with Gasteiger partial charge in [-0.1, -0.05) is 233 Å². The molecule has 0 aliphatic heterocycles. The van der Waals surface area contributed by atoms with Gasteiger partial charge in [0.1, 0.15) is 5.75 Å². The lowest BCUT2D eigenvalue weighted by atomic mass is 9.56. The van der Waals surface area contributed by atoms with Crippen LogP contribution < -0.4 is 4.74 Å². The Morgan fingerprint density at radius 1 is 0.354 bits per heavy atom. The number of ether oxygens (including phenoxy) is 1. The molecule has 4 nitrogen and oxygen atoms in total. The van der Waals surface area contributed by atoms with E-state index in [0.717, 1.165) is 50.1 Å². The first kappa shape index (κ1) is 54.2. The average molecular weight is 889 g/mol. The number of hydrogen-bond acceptors (Lipinski definition) is 4. The first-order valence-corrected chi connectivity index (χ1v) is 24.3. The molecular weight excluding hydrogens is 797 g/mol. The molecule has 0 aromatic heterocycles. The predicted molar refractivity (Wildman–Crippen MR) is 278 cm³/mol. The Labute approximate surface area is 398 Å². The Kier molecular flexibility index (Phi) is 14.6. The standard InChI is InChI=1S/C61H92O4/c1-52(2,3)39-25-29-43(46(33-39)56(13,14)15)51(64)60(37-62,38-63)61(44-30-26-40(53(4,5)6)34-47(44)57(16,17)18,45-31-27-41(54(7,8)9)35-48(45)58(19,20)21)65-50-32-28-42(55(10,11)12)36-49(50)59(22,23)24/h25-36,51,62-64H,37-38H2,1-24H3. The van der Waals surface area contributed by atoms with Crippen LogP contribution in [-0.2, 0) is 48.9 Å². The summed E-state index contributed by atoms with van der Waals surface area (Å²) in [5.74, 6) is 0.641. The fourth-order valence-electron chi connectivity index (χ4n) is 9.45. The molecule has 0 saturated heterocycles. The molecular formula is C61H92O4. The highest BCUT2D eigenvalue weighted by atomic mass is 16.5. The highest BCUT2D eigenvalue weighted by Gasteiger charge is 2.63. The SMILES string of the molecule is CC(C)(C)c1ccc(OC(c2ccc(C(C)(C)C)cc2C(C)(C)C)(c2ccc(C(C)(C)C)cc2C(C)(C)C)C(CO)(CO)C(O)c2ccc(C(C)(C)C)cc2C(C)(C)C)c(C(C)(C)C)c1. The molecule has 0 spiro atoms. The highest BCUT2D eigenvalue weighted by Crippen LogP contribution is 2.60. The minimum atomic E-state index is -1.79. The van der Waals surface area contributed by atoms with E-state index in [9.17, 15) is 15.3 Å². The van der Waals surface area contributed by atoms with Crippen LogP contribution in [0.1, 0.15) is 233 Å². The van der Waals surface area contributed by atoms with Gasteiger partial charge in [-0.15, -0.1) is 0 Å². The van der Waals surface area contributed by atoms with Crippen molar-refractivity contribution in [3.8, 4) is 5.75 Å². The van der Waals surface area contributed by atoms with E-state index >= 15 is 0 Å². The molecule has 4 aromatic carbocycles. The lowest BCUT2D eigenvalue weighted by molar-refractivity contribution is -0.162. The van der Waals surface area contributed by atoms with Crippen molar-refractivity contribution in [1.82, 2.24) is 0 Å². The second-order valence-corrected chi connectivity index (χ2v) is 27.7. The van der Waals surface area contributed by atoms with Gasteiger partial charge in [-0.25, -0.2) is 0 Å². The minimum Gasteiger partial charge on any atom is -0.477 e. The van der Waals surface area contributed by atoms with Crippen molar-refractivity contribution in [2.45, 2.75) is 221 Å². The van der Waals surface area contributed by atoms with Crippen molar-refractivity contribution in [2.75, 3.05) is 13.2 Å². The Bertz CT molecular complexity index is 2220. The Hall–Kier alpha value is -3.44. The van der Waals surface area contributed by atoms with Crippen molar-refractivity contribution < 1.29 is 20.1 Å². The van der Waals surface area contributed by atoms with Crippen molar-refractivity contribution in [2.24, 2.45) is 5.41 Å². The van der Waals surface area contributed by atoms with Crippen LogP contribution in [0.3, 0.4) is 0 Å². The molecule has 65 heavy (non-hydrogen) atoms. The molecule has 4 aromatic rings. The molecule has 0 amide bonds. The first-order valence-electron chi connectivity index (χ1n) is 24.3. The lowest BCUT2D eigenvalue weighted by Gasteiger charge is -2.54. The second-order valence-electron chi connectivity index (χ2n) is 27.7. The minimum absolute atomic E-state index is 0.140. The monoisotopic (exact) mass is 889 g/mol. The summed E-state index contributed by atoms with van der Waals surface area (Å²) in [6.45, 7) is 52.1. The zero-order valence-electron chi connectivity index (χ0n) is 45.7. The van der Waals surface area contributed by atoms with Gasteiger partial charge >= 0.3 is 0 Å². The van der Waals surface area contributed by atoms with Crippen LogP contribution in [0.15, 0.2) is 72.8 Å². The summed E-state index contributed by atoms with van der Waals surface area (Å²) in [5.41, 5.74) is 5.07. The fourth-order valence-corrected chi connectivity index (χ4v) is 9.45. The zero-order valence-corrected chi connectivity index (χ0v) is 45.7. The van der Waals surface area contributed by atoms with E-state index in [1.807, 2.05) is 6.07 Å². The molecule has 360 valence electrons. The van der Waals surface area contributed by atoms with Gasteiger partial charge in [-0.3, -0.25) is 0 Å². The van der Waals surface area contributed by atoms with E-state index in [-0.39, 0.29) is 27.1 Å². The first-order chi connectivity index (χ1) is 29.1. The van der Waals surface area contributed by atoms with Crippen molar-refractivity contribution >= 4 is 0 Å². The van der Waals surface area contributed by atoms with Crippen molar-refractivity contribution in [3.05, 3.63) is 134 Å². The molecule has 1 unspecified atom stereocenters.